The van der Waals surface area contributed by atoms with Crippen molar-refractivity contribution in [2.75, 3.05) is 0 Å². The first-order valence-corrected chi connectivity index (χ1v) is 15.2. The number of rotatable bonds is 6. The van der Waals surface area contributed by atoms with Gasteiger partial charge < -0.3 is 9.41 Å². The molecule has 0 rings (SSSR count). The van der Waals surface area contributed by atoms with Crippen LogP contribution >= 0.6 is 0 Å². The minimum atomic E-state index is -2.11. The maximum absolute atomic E-state index is 13.1. The van der Waals surface area contributed by atoms with Crippen LogP contribution in [-0.2, 0) is 9.22 Å². The highest BCUT2D eigenvalue weighted by Gasteiger charge is 2.45. The smallest absolute Gasteiger partial charge is 0.309 e. The highest BCUT2D eigenvalue weighted by Crippen LogP contribution is 2.38. The minimum absolute atomic E-state index is 0.0330. The van der Waals surface area contributed by atoms with Crippen LogP contribution in [0.25, 0.3) is 0 Å². The largest absolute Gasteiger partial charge is 0.518 e. The molecule has 0 bridgehead atoms. The third-order valence-electron chi connectivity index (χ3n) is 6.38. The van der Waals surface area contributed by atoms with Gasteiger partial charge in [-0.05, 0) is 35.0 Å². The number of carbonyl (C=O) groups excluding carboxylic acids is 1. The summed E-state index contributed by atoms with van der Waals surface area (Å²) in [5.74, 6) is 0.628. The molecular weight excluding hydrogens is 330 g/mol. The Morgan fingerprint density at radius 2 is 1.29 bits per heavy atom. The predicted octanol–water partition coefficient (Wildman–Crippen LogP) is 5.79. The van der Waals surface area contributed by atoms with Crippen LogP contribution in [0, 0.1) is 11.8 Å². The molecule has 0 saturated carbocycles. The van der Waals surface area contributed by atoms with Gasteiger partial charge in [0, 0.05) is 0 Å². The van der Waals surface area contributed by atoms with Crippen molar-refractivity contribution in [3.05, 3.63) is 0 Å². The van der Waals surface area contributed by atoms with Gasteiger partial charge in [0.2, 0.25) is 0 Å². The van der Waals surface area contributed by atoms with Crippen LogP contribution in [0.2, 0.25) is 36.3 Å². The molecule has 0 aromatic heterocycles. The second-order valence-electron chi connectivity index (χ2n) is 10.8. The Balaban J connectivity index is 5.56. The lowest BCUT2D eigenvalue weighted by Crippen LogP contribution is -2.62. The summed E-state index contributed by atoms with van der Waals surface area (Å²) in [5.41, 5.74) is 0. The summed E-state index contributed by atoms with van der Waals surface area (Å²) >= 11 is 0. The molecule has 0 fully saturated rings. The molecule has 0 aromatic carbocycles. The van der Waals surface area contributed by atoms with E-state index in [4.69, 9.17) is 4.43 Å². The first kappa shape index (κ1) is 23.9. The van der Waals surface area contributed by atoms with Crippen molar-refractivity contribution in [1.82, 2.24) is 4.98 Å². The fourth-order valence-electron chi connectivity index (χ4n) is 1.86. The number of hydrogen-bond acceptors (Lipinski definition) is 3. The number of carbonyl (C=O) groups is 1. The summed E-state index contributed by atoms with van der Waals surface area (Å²) in [4.78, 5) is 16.9. The summed E-state index contributed by atoms with van der Waals surface area (Å²) < 4.78 is 6.15. The summed E-state index contributed by atoms with van der Waals surface area (Å²) in [5, 5.41) is 0.213. The minimum Gasteiger partial charge on any atom is -0.518 e. The molecule has 0 radical (unpaired) electrons. The van der Waals surface area contributed by atoms with E-state index in [0.29, 0.717) is 5.92 Å². The molecule has 24 heavy (non-hydrogen) atoms. The molecule has 0 saturated heterocycles. The van der Waals surface area contributed by atoms with Gasteiger partial charge in [0.1, 0.15) is 14.3 Å². The molecule has 1 N–H and O–H groups in total. The van der Waals surface area contributed by atoms with Crippen LogP contribution in [0.3, 0.4) is 0 Å². The second kappa shape index (κ2) is 7.62. The maximum Gasteiger partial charge on any atom is 0.309 e. The predicted molar refractivity (Wildman–Crippen MR) is 111 cm³/mol. The average molecular weight is 374 g/mol. The molecule has 0 amide bonds. The molecule has 0 aliphatic heterocycles. The highest BCUT2D eigenvalue weighted by molar-refractivity contribution is 6.78. The standard InChI is InChI=1S/C19H43NO2Si2/c1-14(2)15(3)16(20-23(10,11)18(4,5)6)17(21)22-24(12,13)19(7,8)9/h14-16,20H,1-13H3. The van der Waals surface area contributed by atoms with E-state index in [1.807, 2.05) is 0 Å². The molecule has 0 spiro atoms. The lowest BCUT2D eigenvalue weighted by molar-refractivity contribution is -0.139. The summed E-state index contributed by atoms with van der Waals surface area (Å²) in [6.45, 7) is 28.8. The zero-order chi connectivity index (χ0) is 19.7. The van der Waals surface area contributed by atoms with Crippen molar-refractivity contribution in [1.29, 1.82) is 0 Å². The van der Waals surface area contributed by atoms with Gasteiger partial charge in [-0.25, -0.2) is 0 Å². The molecule has 2 unspecified atom stereocenters. The molecule has 2 atom stereocenters. The molecule has 0 aliphatic rings. The van der Waals surface area contributed by atoms with E-state index in [0.717, 1.165) is 0 Å². The van der Waals surface area contributed by atoms with Crippen molar-refractivity contribution in [2.45, 2.75) is 105 Å². The van der Waals surface area contributed by atoms with Gasteiger partial charge in [0.05, 0.1) is 0 Å². The lowest BCUT2D eigenvalue weighted by Gasteiger charge is -2.43. The van der Waals surface area contributed by atoms with Gasteiger partial charge in [-0.3, -0.25) is 4.79 Å². The fourth-order valence-corrected chi connectivity index (χ4v) is 4.39. The van der Waals surface area contributed by atoms with Gasteiger partial charge in [0.15, 0.2) is 0 Å². The van der Waals surface area contributed by atoms with Crippen molar-refractivity contribution >= 4 is 22.5 Å². The van der Waals surface area contributed by atoms with E-state index in [9.17, 15) is 4.79 Å². The Bertz CT molecular complexity index is 432. The van der Waals surface area contributed by atoms with Crippen LogP contribution in [0.15, 0.2) is 0 Å². The highest BCUT2D eigenvalue weighted by atomic mass is 28.4. The van der Waals surface area contributed by atoms with Crippen molar-refractivity contribution < 1.29 is 9.22 Å². The molecule has 0 heterocycles. The molecule has 0 aromatic rings. The number of hydrogen-bond donors (Lipinski definition) is 1. The summed E-state index contributed by atoms with van der Waals surface area (Å²) in [7, 11) is -3.90. The summed E-state index contributed by atoms with van der Waals surface area (Å²) in [6, 6.07) is -0.222. The normalized spacial score (nSPS) is 16.9. The third kappa shape index (κ3) is 5.99. The Morgan fingerprint density at radius 1 is 0.875 bits per heavy atom. The van der Waals surface area contributed by atoms with Crippen LogP contribution in [0.5, 0.6) is 0 Å². The average Bonchev–Trinajstić information content (AvgIpc) is 2.31. The van der Waals surface area contributed by atoms with E-state index >= 15 is 0 Å². The topological polar surface area (TPSA) is 38.3 Å². The number of nitrogens with one attached hydrogen (secondary N) is 1. The van der Waals surface area contributed by atoms with Gasteiger partial charge >= 0.3 is 5.97 Å². The van der Waals surface area contributed by atoms with Gasteiger partial charge in [-0.1, -0.05) is 75.4 Å². The quantitative estimate of drug-likeness (QED) is 0.599. The first-order valence-electron chi connectivity index (χ1n) is 9.34. The Kier molecular flexibility index (Phi) is 7.58. The SMILES string of the molecule is CC(C)C(C)C(N[Si](C)(C)C(C)(C)C)C(=O)O[Si](C)(C)C(C)(C)C. The maximum atomic E-state index is 13.1. The van der Waals surface area contributed by atoms with Gasteiger partial charge in [0.25, 0.3) is 8.32 Å². The summed E-state index contributed by atoms with van der Waals surface area (Å²) in [6.07, 6.45) is 0. The Morgan fingerprint density at radius 3 is 1.58 bits per heavy atom. The molecule has 0 aliphatic carbocycles. The monoisotopic (exact) mass is 373 g/mol. The van der Waals surface area contributed by atoms with E-state index in [-0.39, 0.29) is 28.0 Å². The molecule has 3 nitrogen and oxygen atoms in total. The molecule has 144 valence electrons. The third-order valence-corrected chi connectivity index (χ3v) is 15.5. The fraction of sp³-hybridized carbons (Fsp3) is 0.947. The van der Waals surface area contributed by atoms with E-state index in [1.165, 1.54) is 0 Å². The Labute approximate surface area is 153 Å². The van der Waals surface area contributed by atoms with E-state index in [2.05, 4.69) is 93.5 Å². The lowest BCUT2D eigenvalue weighted by atomic mass is 9.91. The van der Waals surface area contributed by atoms with Crippen molar-refractivity contribution in [2.24, 2.45) is 11.8 Å². The zero-order valence-electron chi connectivity index (χ0n) is 18.5. The van der Waals surface area contributed by atoms with Crippen LogP contribution in [0.4, 0.5) is 0 Å². The molecular formula is C19H43NO2Si2. The first-order chi connectivity index (χ1) is 10.3. The van der Waals surface area contributed by atoms with Gasteiger partial charge in [-0.2, -0.15) is 0 Å². The van der Waals surface area contributed by atoms with Gasteiger partial charge in [-0.15, -0.1) is 0 Å². The second-order valence-corrected chi connectivity index (χ2v) is 20.5. The van der Waals surface area contributed by atoms with Crippen LogP contribution < -0.4 is 4.98 Å². The Hall–Kier alpha value is -0.136. The van der Waals surface area contributed by atoms with Crippen LogP contribution in [0.1, 0.15) is 62.3 Å². The van der Waals surface area contributed by atoms with Crippen LogP contribution in [-0.4, -0.2) is 28.6 Å². The van der Waals surface area contributed by atoms with Crippen molar-refractivity contribution in [3.8, 4) is 0 Å². The molecule has 5 heteroatoms. The van der Waals surface area contributed by atoms with E-state index < -0.39 is 16.6 Å². The zero-order valence-corrected chi connectivity index (χ0v) is 20.5. The van der Waals surface area contributed by atoms with Crippen molar-refractivity contribution in [3.63, 3.8) is 0 Å². The van der Waals surface area contributed by atoms with E-state index in [1.54, 1.807) is 0 Å².